The number of thiazole rings is 1. The molecule has 0 atom stereocenters. The highest BCUT2D eigenvalue weighted by Gasteiger charge is 2.20. The van der Waals surface area contributed by atoms with E-state index in [9.17, 15) is 0 Å². The van der Waals surface area contributed by atoms with E-state index in [4.69, 9.17) is 37.9 Å². The molecule has 3 aromatic heterocycles. The van der Waals surface area contributed by atoms with Gasteiger partial charge in [0.05, 0.1) is 48.4 Å². The highest BCUT2D eigenvalue weighted by Crippen LogP contribution is 2.43. The Labute approximate surface area is 271 Å². The molecule has 0 unspecified atom stereocenters. The lowest BCUT2D eigenvalue weighted by atomic mass is 10.1. The van der Waals surface area contributed by atoms with E-state index >= 15 is 0 Å². The number of hydrogen-bond acceptors (Lipinski definition) is 15. The van der Waals surface area contributed by atoms with E-state index in [-0.39, 0.29) is 0 Å². The van der Waals surface area contributed by atoms with Crippen LogP contribution in [0.25, 0.3) is 44.9 Å². The van der Waals surface area contributed by atoms with Crippen molar-refractivity contribution in [1.82, 2.24) is 24.5 Å². The highest BCUT2D eigenvalue weighted by atomic mass is 32.1. The van der Waals surface area contributed by atoms with Gasteiger partial charge in [-0.05, 0) is 48.5 Å². The molecule has 6 aromatic rings. The fourth-order valence-corrected chi connectivity index (χ4v) is 5.95. The van der Waals surface area contributed by atoms with Crippen molar-refractivity contribution in [1.29, 1.82) is 0 Å². The lowest BCUT2D eigenvalue weighted by Crippen LogP contribution is -1.96. The molecule has 15 heteroatoms. The lowest BCUT2D eigenvalue weighted by molar-refractivity contribution is 0.324. The Morgan fingerprint density at radius 3 is 1.78 bits per heavy atom. The molecule has 0 aliphatic heterocycles. The fraction of sp³-hybridized carbons (Fsp3) is 0.194. The van der Waals surface area contributed by atoms with E-state index in [1.807, 2.05) is 41.8 Å². The SMILES string of the molecule is COc1cc(-c2csc(-c3nc(-c4ccc(Nc5nc(-c6cc(OC)c(OC)c(OC)c6)ns5)cc4)no3)n2)cc(OC)c1OC. The van der Waals surface area contributed by atoms with Gasteiger partial charge in [0.25, 0.3) is 5.89 Å². The summed E-state index contributed by atoms with van der Waals surface area (Å²) < 4.78 is 42.7. The predicted octanol–water partition coefficient (Wildman–Crippen LogP) is 6.84. The Morgan fingerprint density at radius 1 is 0.630 bits per heavy atom. The number of methoxy groups -OCH3 is 6. The molecule has 0 fully saturated rings. The van der Waals surface area contributed by atoms with E-state index < -0.39 is 0 Å². The second-order valence-corrected chi connectivity index (χ2v) is 11.0. The van der Waals surface area contributed by atoms with E-state index in [0.717, 1.165) is 22.4 Å². The largest absolute Gasteiger partial charge is 0.493 e. The standard InChI is InChI=1S/C31H28N6O7S2/c1-38-21-11-17(12-22(39-2)25(21)42-5)20-15-45-30(33-20)29-34-27(36-44-29)16-7-9-19(10-8-16)32-31-35-28(37-46-31)18-13-23(40-3)26(43-6)24(14-18)41-4/h7-15H,1-6H3,(H,32,35,37). The molecule has 0 aliphatic rings. The number of ether oxygens (including phenoxy) is 6. The third kappa shape index (κ3) is 5.97. The summed E-state index contributed by atoms with van der Waals surface area (Å²) in [6, 6.07) is 14.9. The number of nitrogens with zero attached hydrogens (tertiary/aromatic N) is 5. The van der Waals surface area contributed by atoms with Crippen molar-refractivity contribution in [2.24, 2.45) is 0 Å². The van der Waals surface area contributed by atoms with Crippen molar-refractivity contribution in [3.8, 4) is 79.4 Å². The molecule has 46 heavy (non-hydrogen) atoms. The molecule has 0 spiro atoms. The Hall–Kier alpha value is -5.41. The van der Waals surface area contributed by atoms with Crippen molar-refractivity contribution in [2.45, 2.75) is 0 Å². The zero-order valence-electron chi connectivity index (χ0n) is 25.6. The molecule has 0 saturated heterocycles. The second kappa shape index (κ2) is 13.3. The molecule has 0 bridgehead atoms. The van der Waals surface area contributed by atoms with Gasteiger partial charge in [-0.15, -0.1) is 11.3 Å². The monoisotopic (exact) mass is 660 g/mol. The first-order chi connectivity index (χ1) is 22.5. The molecule has 0 radical (unpaired) electrons. The van der Waals surface area contributed by atoms with Crippen LogP contribution in [0.3, 0.4) is 0 Å². The predicted molar refractivity (Wildman–Crippen MR) is 174 cm³/mol. The van der Waals surface area contributed by atoms with Gasteiger partial charge in [0.15, 0.2) is 33.8 Å². The van der Waals surface area contributed by atoms with Crippen LogP contribution >= 0.6 is 22.9 Å². The summed E-state index contributed by atoms with van der Waals surface area (Å²) in [7, 11) is 9.39. The zero-order chi connectivity index (χ0) is 32.2. The van der Waals surface area contributed by atoms with Crippen molar-refractivity contribution >= 4 is 33.7 Å². The van der Waals surface area contributed by atoms with Gasteiger partial charge in [0.1, 0.15) is 0 Å². The third-order valence-corrected chi connectivity index (χ3v) is 8.28. The molecule has 6 rings (SSSR count). The van der Waals surface area contributed by atoms with Gasteiger partial charge < -0.3 is 38.3 Å². The molecular weight excluding hydrogens is 633 g/mol. The number of anilines is 2. The van der Waals surface area contributed by atoms with Gasteiger partial charge in [-0.25, -0.2) is 4.98 Å². The quantitative estimate of drug-likeness (QED) is 0.146. The minimum absolute atomic E-state index is 0.314. The summed E-state index contributed by atoms with van der Waals surface area (Å²) >= 11 is 2.62. The van der Waals surface area contributed by atoms with E-state index in [2.05, 4.69) is 24.8 Å². The van der Waals surface area contributed by atoms with Gasteiger partial charge in [-0.1, -0.05) is 5.16 Å². The molecule has 13 nitrogen and oxygen atoms in total. The average molecular weight is 661 g/mol. The van der Waals surface area contributed by atoms with Crippen molar-refractivity contribution in [3.63, 3.8) is 0 Å². The van der Waals surface area contributed by atoms with Gasteiger partial charge in [-0.3, -0.25) is 0 Å². The summed E-state index contributed by atoms with van der Waals surface area (Å²) in [4.78, 5) is 13.9. The van der Waals surface area contributed by atoms with Gasteiger partial charge in [0, 0.05) is 39.3 Å². The van der Waals surface area contributed by atoms with Gasteiger partial charge in [0.2, 0.25) is 22.5 Å². The summed E-state index contributed by atoms with van der Waals surface area (Å²) in [6.45, 7) is 0. The number of aromatic nitrogens is 5. The van der Waals surface area contributed by atoms with Gasteiger partial charge in [-0.2, -0.15) is 14.3 Å². The summed E-state index contributed by atoms with van der Waals surface area (Å²) in [5, 5.41) is 10.6. The highest BCUT2D eigenvalue weighted by molar-refractivity contribution is 7.13. The van der Waals surface area contributed by atoms with Gasteiger partial charge >= 0.3 is 0 Å². The molecule has 0 amide bonds. The van der Waals surface area contributed by atoms with Crippen LogP contribution in [0.2, 0.25) is 0 Å². The molecule has 3 heterocycles. The normalized spacial score (nSPS) is 10.8. The molecule has 236 valence electrons. The van der Waals surface area contributed by atoms with E-state index in [1.165, 1.54) is 22.9 Å². The molecule has 0 aliphatic carbocycles. The minimum Gasteiger partial charge on any atom is -0.493 e. The van der Waals surface area contributed by atoms with Crippen LogP contribution in [0.4, 0.5) is 10.8 Å². The summed E-state index contributed by atoms with van der Waals surface area (Å²) in [5.41, 5.74) is 3.83. The minimum atomic E-state index is 0.314. The van der Waals surface area contributed by atoms with Crippen LogP contribution in [0.5, 0.6) is 34.5 Å². The average Bonchev–Trinajstić information content (AvgIpc) is 3.89. The van der Waals surface area contributed by atoms with Crippen LogP contribution in [-0.2, 0) is 0 Å². The van der Waals surface area contributed by atoms with Crippen LogP contribution < -0.4 is 33.7 Å². The Morgan fingerprint density at radius 2 is 1.22 bits per heavy atom. The Balaban J connectivity index is 1.16. The number of nitrogens with one attached hydrogen (secondary N) is 1. The first kappa shape index (κ1) is 30.6. The van der Waals surface area contributed by atoms with Crippen molar-refractivity contribution in [3.05, 3.63) is 53.9 Å². The van der Waals surface area contributed by atoms with Crippen LogP contribution in [-0.4, -0.2) is 67.1 Å². The number of benzene rings is 3. The van der Waals surface area contributed by atoms with Crippen molar-refractivity contribution in [2.75, 3.05) is 48.0 Å². The fourth-order valence-electron chi connectivity index (χ4n) is 4.59. The molecular formula is C31H28N6O7S2. The lowest BCUT2D eigenvalue weighted by Gasteiger charge is -2.13. The maximum Gasteiger partial charge on any atom is 0.287 e. The molecule has 1 N–H and O–H groups in total. The summed E-state index contributed by atoms with van der Waals surface area (Å²) in [6.07, 6.45) is 0. The van der Waals surface area contributed by atoms with Crippen LogP contribution in [0.1, 0.15) is 0 Å². The topological polar surface area (TPSA) is 145 Å². The first-order valence-corrected chi connectivity index (χ1v) is 15.2. The van der Waals surface area contributed by atoms with Crippen LogP contribution in [0, 0.1) is 0 Å². The summed E-state index contributed by atoms with van der Waals surface area (Å²) in [5.74, 6) is 4.41. The Bertz CT molecular complexity index is 1920. The zero-order valence-corrected chi connectivity index (χ0v) is 27.2. The van der Waals surface area contributed by atoms with Crippen LogP contribution in [0.15, 0.2) is 58.4 Å². The maximum atomic E-state index is 5.56. The third-order valence-electron chi connectivity index (χ3n) is 6.82. The smallest absolute Gasteiger partial charge is 0.287 e. The first-order valence-electron chi connectivity index (χ1n) is 13.6. The second-order valence-electron chi connectivity index (χ2n) is 9.41. The molecule has 0 saturated carbocycles. The van der Waals surface area contributed by atoms with E-state index in [1.54, 1.807) is 54.8 Å². The molecule has 3 aromatic carbocycles. The number of rotatable bonds is 12. The Kier molecular flexibility index (Phi) is 8.85. The van der Waals surface area contributed by atoms with E-state index in [0.29, 0.717) is 67.9 Å². The van der Waals surface area contributed by atoms with Crippen molar-refractivity contribution < 1.29 is 32.9 Å². The maximum absolute atomic E-state index is 5.56. The number of hydrogen-bond donors (Lipinski definition) is 1.